The average molecular weight is 535 g/mol. The van der Waals surface area contributed by atoms with E-state index in [2.05, 4.69) is 6.92 Å². The first-order valence-electron chi connectivity index (χ1n) is 13.6. The summed E-state index contributed by atoms with van der Waals surface area (Å²) in [5.74, 6) is 0.607. The van der Waals surface area contributed by atoms with Crippen molar-refractivity contribution in [2.75, 3.05) is 0 Å². The molecule has 3 heteroatoms. The molecule has 41 heavy (non-hydrogen) atoms. The van der Waals surface area contributed by atoms with Gasteiger partial charge in [0, 0.05) is 22.1 Å². The summed E-state index contributed by atoms with van der Waals surface area (Å²) in [5.41, 5.74) is 7.12. The topological polar surface area (TPSA) is 60.7 Å². The number of phenolic OH excluding ortho intramolecular Hbond substituents is 3. The zero-order chi connectivity index (χ0) is 28.4. The SMILES string of the molecule is CC(c1ccc(O)c(-c2ccccc2)c1)(c1ccc(O)c(-c2ccccc2)c1)c1ccc(O)c(-c2ccccc2)c1. The van der Waals surface area contributed by atoms with Crippen LogP contribution in [0.15, 0.2) is 146 Å². The molecule has 0 aliphatic rings. The maximum Gasteiger partial charge on any atom is 0.123 e. The van der Waals surface area contributed by atoms with Gasteiger partial charge >= 0.3 is 0 Å². The quantitative estimate of drug-likeness (QED) is 0.187. The number of benzene rings is 6. The zero-order valence-corrected chi connectivity index (χ0v) is 22.7. The first-order valence-corrected chi connectivity index (χ1v) is 13.6. The van der Waals surface area contributed by atoms with E-state index >= 15 is 0 Å². The standard InChI is InChI=1S/C38H30O3/c1-38(29-17-20-35(39)32(23-29)26-11-5-2-6-12-26,30-18-21-36(40)33(24-30)27-13-7-3-8-14-27)31-19-22-37(41)34(25-31)28-15-9-4-10-16-28/h2-25,39-41H,1H3. The molecule has 0 aromatic heterocycles. The van der Waals surface area contributed by atoms with Crippen molar-refractivity contribution < 1.29 is 15.3 Å². The first kappa shape index (κ1) is 26.0. The van der Waals surface area contributed by atoms with Crippen LogP contribution in [0, 0.1) is 0 Å². The van der Waals surface area contributed by atoms with E-state index in [4.69, 9.17) is 0 Å². The highest BCUT2D eigenvalue weighted by atomic mass is 16.3. The summed E-state index contributed by atoms with van der Waals surface area (Å²) in [6.07, 6.45) is 0. The Hall–Kier alpha value is -5.28. The van der Waals surface area contributed by atoms with Crippen molar-refractivity contribution in [2.45, 2.75) is 12.3 Å². The summed E-state index contributed by atoms with van der Waals surface area (Å²) < 4.78 is 0. The van der Waals surface area contributed by atoms with Crippen molar-refractivity contribution in [3.8, 4) is 50.6 Å². The van der Waals surface area contributed by atoms with E-state index in [1.807, 2.05) is 127 Å². The molecule has 0 saturated carbocycles. The molecule has 3 nitrogen and oxygen atoms in total. The number of hydrogen-bond donors (Lipinski definition) is 3. The van der Waals surface area contributed by atoms with E-state index in [0.29, 0.717) is 0 Å². The second-order valence-electron chi connectivity index (χ2n) is 10.4. The highest BCUT2D eigenvalue weighted by Crippen LogP contribution is 2.46. The van der Waals surface area contributed by atoms with Gasteiger partial charge in [-0.15, -0.1) is 0 Å². The summed E-state index contributed by atoms with van der Waals surface area (Å²) in [6, 6.07) is 46.7. The normalized spacial score (nSPS) is 11.3. The van der Waals surface area contributed by atoms with Gasteiger partial charge in [0.2, 0.25) is 0 Å². The third kappa shape index (κ3) is 4.83. The molecule has 6 rings (SSSR count). The molecule has 6 aromatic carbocycles. The van der Waals surface area contributed by atoms with Gasteiger partial charge in [0.1, 0.15) is 17.2 Å². The zero-order valence-electron chi connectivity index (χ0n) is 22.7. The number of rotatable bonds is 6. The van der Waals surface area contributed by atoms with Crippen LogP contribution >= 0.6 is 0 Å². The Morgan fingerprint density at radius 3 is 0.902 bits per heavy atom. The van der Waals surface area contributed by atoms with Crippen LogP contribution in [0.2, 0.25) is 0 Å². The largest absolute Gasteiger partial charge is 0.507 e. The van der Waals surface area contributed by atoms with E-state index in [0.717, 1.165) is 50.1 Å². The van der Waals surface area contributed by atoms with Gasteiger partial charge in [-0.25, -0.2) is 0 Å². The minimum Gasteiger partial charge on any atom is -0.507 e. The van der Waals surface area contributed by atoms with Crippen LogP contribution in [0.3, 0.4) is 0 Å². The fraction of sp³-hybridized carbons (Fsp3) is 0.0526. The van der Waals surface area contributed by atoms with Gasteiger partial charge in [-0.3, -0.25) is 0 Å². The van der Waals surface area contributed by atoms with Crippen LogP contribution in [0.4, 0.5) is 0 Å². The maximum atomic E-state index is 10.9. The van der Waals surface area contributed by atoms with Gasteiger partial charge in [-0.05, 0) is 76.7 Å². The maximum absolute atomic E-state index is 10.9. The van der Waals surface area contributed by atoms with Crippen LogP contribution < -0.4 is 0 Å². The molecule has 0 spiro atoms. The van der Waals surface area contributed by atoms with Crippen LogP contribution in [0.5, 0.6) is 17.2 Å². The van der Waals surface area contributed by atoms with Crippen molar-refractivity contribution in [3.05, 3.63) is 162 Å². The first-order chi connectivity index (χ1) is 19.9. The van der Waals surface area contributed by atoms with Crippen molar-refractivity contribution in [1.82, 2.24) is 0 Å². The van der Waals surface area contributed by atoms with Gasteiger partial charge in [-0.2, -0.15) is 0 Å². The molecular formula is C38H30O3. The van der Waals surface area contributed by atoms with Crippen LogP contribution in [-0.4, -0.2) is 15.3 Å². The molecule has 0 fully saturated rings. The molecule has 0 aliphatic heterocycles. The molecule has 0 unspecified atom stereocenters. The highest BCUT2D eigenvalue weighted by Gasteiger charge is 2.33. The molecule has 0 bridgehead atoms. The third-order valence-electron chi connectivity index (χ3n) is 7.98. The molecule has 0 atom stereocenters. The van der Waals surface area contributed by atoms with Crippen LogP contribution in [0.25, 0.3) is 33.4 Å². The van der Waals surface area contributed by atoms with E-state index in [1.165, 1.54) is 0 Å². The predicted molar refractivity (Wildman–Crippen MR) is 166 cm³/mol. The lowest BCUT2D eigenvalue weighted by molar-refractivity contribution is 0.476. The average Bonchev–Trinajstić information content (AvgIpc) is 3.02. The fourth-order valence-electron chi connectivity index (χ4n) is 5.59. The van der Waals surface area contributed by atoms with E-state index in [1.54, 1.807) is 18.2 Å². The smallest absolute Gasteiger partial charge is 0.123 e. The molecule has 3 N–H and O–H groups in total. The molecule has 0 radical (unpaired) electrons. The van der Waals surface area contributed by atoms with Gasteiger partial charge in [0.05, 0.1) is 0 Å². The summed E-state index contributed by atoms with van der Waals surface area (Å²) in [7, 11) is 0. The lowest BCUT2D eigenvalue weighted by Gasteiger charge is -2.33. The van der Waals surface area contributed by atoms with Crippen molar-refractivity contribution in [3.63, 3.8) is 0 Å². The van der Waals surface area contributed by atoms with Crippen LogP contribution in [-0.2, 0) is 5.41 Å². The summed E-state index contributed by atoms with van der Waals surface area (Å²) in [5, 5.41) is 32.7. The monoisotopic (exact) mass is 534 g/mol. The Kier molecular flexibility index (Phi) is 6.78. The van der Waals surface area contributed by atoms with Gasteiger partial charge in [0.15, 0.2) is 0 Å². The van der Waals surface area contributed by atoms with Crippen molar-refractivity contribution in [1.29, 1.82) is 0 Å². The van der Waals surface area contributed by atoms with E-state index in [9.17, 15) is 15.3 Å². The minimum absolute atomic E-state index is 0.202. The Bertz CT molecular complexity index is 1600. The van der Waals surface area contributed by atoms with Crippen LogP contribution in [0.1, 0.15) is 23.6 Å². The lowest BCUT2D eigenvalue weighted by Crippen LogP contribution is -2.25. The Morgan fingerprint density at radius 2 is 0.634 bits per heavy atom. The molecule has 0 heterocycles. The number of hydrogen-bond acceptors (Lipinski definition) is 3. The highest BCUT2D eigenvalue weighted by molar-refractivity contribution is 5.76. The van der Waals surface area contributed by atoms with Gasteiger partial charge < -0.3 is 15.3 Å². The second-order valence-corrected chi connectivity index (χ2v) is 10.4. The molecule has 6 aromatic rings. The Balaban J connectivity index is 1.62. The second kappa shape index (κ2) is 10.7. The van der Waals surface area contributed by atoms with Gasteiger partial charge in [0.25, 0.3) is 0 Å². The number of phenols is 3. The Morgan fingerprint density at radius 1 is 0.366 bits per heavy atom. The minimum atomic E-state index is -0.717. The molecular weight excluding hydrogens is 504 g/mol. The van der Waals surface area contributed by atoms with Crippen molar-refractivity contribution in [2.24, 2.45) is 0 Å². The van der Waals surface area contributed by atoms with E-state index < -0.39 is 5.41 Å². The predicted octanol–water partition coefficient (Wildman–Crippen LogP) is 9.16. The molecule has 200 valence electrons. The summed E-state index contributed by atoms with van der Waals surface area (Å²) in [6.45, 7) is 2.15. The molecule has 0 aliphatic carbocycles. The van der Waals surface area contributed by atoms with Gasteiger partial charge in [-0.1, -0.05) is 109 Å². The molecule has 0 saturated heterocycles. The lowest BCUT2D eigenvalue weighted by atomic mass is 9.69. The molecule has 0 amide bonds. The van der Waals surface area contributed by atoms with E-state index in [-0.39, 0.29) is 17.2 Å². The summed E-state index contributed by atoms with van der Waals surface area (Å²) in [4.78, 5) is 0. The summed E-state index contributed by atoms with van der Waals surface area (Å²) >= 11 is 0. The fourth-order valence-corrected chi connectivity index (χ4v) is 5.59. The Labute approximate surface area is 240 Å². The number of aromatic hydroxyl groups is 3. The van der Waals surface area contributed by atoms with Crippen molar-refractivity contribution >= 4 is 0 Å². The third-order valence-corrected chi connectivity index (χ3v) is 7.98.